The molecule has 2 aromatic rings. The van der Waals surface area contributed by atoms with Gasteiger partial charge >= 0.3 is 0 Å². The average Bonchev–Trinajstić information content (AvgIpc) is 3.41. The number of hydrogen-bond acceptors (Lipinski definition) is 5. The van der Waals surface area contributed by atoms with Gasteiger partial charge in [-0.2, -0.15) is 0 Å². The zero-order chi connectivity index (χ0) is 17.9. The molecule has 1 aromatic heterocycles. The number of rotatable bonds is 7. The van der Waals surface area contributed by atoms with Crippen molar-refractivity contribution in [1.29, 1.82) is 0 Å². The van der Waals surface area contributed by atoms with Crippen molar-refractivity contribution >= 4 is 11.7 Å². The summed E-state index contributed by atoms with van der Waals surface area (Å²) in [5.41, 5.74) is 1.82. The van der Waals surface area contributed by atoms with Gasteiger partial charge in [0.2, 0.25) is 0 Å². The van der Waals surface area contributed by atoms with E-state index in [4.69, 9.17) is 0 Å². The predicted molar refractivity (Wildman–Crippen MR) is 101 cm³/mol. The number of nitrogens with one attached hydrogen (secondary N) is 2. The molecule has 0 radical (unpaired) electrons. The van der Waals surface area contributed by atoms with Gasteiger partial charge in [0.25, 0.3) is 5.91 Å². The number of anilines is 1. The maximum atomic E-state index is 11.7. The summed E-state index contributed by atoms with van der Waals surface area (Å²) in [4.78, 5) is 22.5. The maximum absolute atomic E-state index is 11.7. The van der Waals surface area contributed by atoms with Gasteiger partial charge in [0.15, 0.2) is 0 Å². The molecule has 1 saturated carbocycles. The van der Waals surface area contributed by atoms with Gasteiger partial charge in [-0.15, -0.1) is 0 Å². The molecule has 1 aliphatic carbocycles. The topological polar surface area (TPSA) is 70.2 Å². The van der Waals surface area contributed by atoms with Crippen LogP contribution in [0.3, 0.4) is 0 Å². The molecule has 0 bridgehead atoms. The summed E-state index contributed by atoms with van der Waals surface area (Å²) in [5, 5.41) is 6.43. The van der Waals surface area contributed by atoms with Crippen LogP contribution in [0.4, 0.5) is 5.82 Å². The summed E-state index contributed by atoms with van der Waals surface area (Å²) < 4.78 is 0. The van der Waals surface area contributed by atoms with Crippen LogP contribution in [0.1, 0.15) is 35.3 Å². The molecule has 2 atom stereocenters. The number of carbonyl (C=O) groups excluding carboxylic acids is 1. The summed E-state index contributed by atoms with van der Waals surface area (Å²) in [6.45, 7) is 5.51. The molecule has 26 heavy (non-hydrogen) atoms. The van der Waals surface area contributed by atoms with E-state index in [1.54, 1.807) is 12.4 Å². The van der Waals surface area contributed by atoms with Crippen molar-refractivity contribution in [2.45, 2.75) is 25.3 Å². The van der Waals surface area contributed by atoms with E-state index in [1.807, 2.05) is 6.92 Å². The quantitative estimate of drug-likeness (QED) is 0.796. The van der Waals surface area contributed by atoms with Crippen molar-refractivity contribution in [3.63, 3.8) is 0 Å². The highest BCUT2D eigenvalue weighted by atomic mass is 16.1. The lowest BCUT2D eigenvalue weighted by Gasteiger charge is -2.40. The second kappa shape index (κ2) is 7.41. The molecule has 4 rings (SSSR count). The molecule has 1 amide bonds. The van der Waals surface area contributed by atoms with Gasteiger partial charge in [0.1, 0.15) is 11.5 Å². The van der Waals surface area contributed by atoms with Crippen molar-refractivity contribution < 1.29 is 4.79 Å². The van der Waals surface area contributed by atoms with Gasteiger partial charge in [-0.3, -0.25) is 4.79 Å². The number of hydrogen-bond donors (Lipinski definition) is 2. The van der Waals surface area contributed by atoms with Crippen LogP contribution in [0.15, 0.2) is 42.7 Å². The molecule has 2 heterocycles. The zero-order valence-electron chi connectivity index (χ0n) is 15.1. The van der Waals surface area contributed by atoms with Crippen LogP contribution >= 0.6 is 0 Å². The minimum atomic E-state index is -0.172. The van der Waals surface area contributed by atoms with Crippen molar-refractivity contribution in [1.82, 2.24) is 20.6 Å². The van der Waals surface area contributed by atoms with E-state index in [9.17, 15) is 4.79 Å². The third-order valence-corrected chi connectivity index (χ3v) is 5.18. The number of amides is 1. The Labute approximate surface area is 154 Å². The van der Waals surface area contributed by atoms with E-state index in [-0.39, 0.29) is 5.91 Å². The minimum absolute atomic E-state index is 0.172. The highest BCUT2D eigenvalue weighted by Gasteiger charge is 2.39. The van der Waals surface area contributed by atoms with Crippen molar-refractivity contribution in [3.05, 3.63) is 54.0 Å². The van der Waals surface area contributed by atoms with Gasteiger partial charge in [-0.05, 0) is 18.9 Å². The minimum Gasteiger partial charge on any atom is -0.355 e. The smallest absolute Gasteiger partial charge is 0.271 e. The molecular weight excluding hydrogens is 326 g/mol. The molecular formula is C20H25N5O. The van der Waals surface area contributed by atoms with E-state index in [0.29, 0.717) is 30.1 Å². The number of nitrogens with zero attached hydrogens (tertiary/aromatic N) is 3. The first kappa shape index (κ1) is 17.0. The largest absolute Gasteiger partial charge is 0.355 e. The zero-order valence-corrected chi connectivity index (χ0v) is 15.1. The lowest BCUT2D eigenvalue weighted by Crippen LogP contribution is -2.51. The molecule has 2 fully saturated rings. The Kier molecular flexibility index (Phi) is 4.84. The second-order valence-electron chi connectivity index (χ2n) is 7.16. The van der Waals surface area contributed by atoms with Gasteiger partial charge in [0, 0.05) is 44.1 Å². The lowest BCUT2D eigenvalue weighted by molar-refractivity contribution is 0.0950. The maximum Gasteiger partial charge on any atom is 0.271 e. The molecule has 2 N–H and O–H groups in total. The van der Waals surface area contributed by atoms with Gasteiger partial charge in [0.05, 0.1) is 12.4 Å². The Bertz CT molecular complexity index is 743. The van der Waals surface area contributed by atoms with Crippen molar-refractivity contribution in [2.75, 3.05) is 31.1 Å². The molecule has 1 aliphatic heterocycles. The standard InChI is InChI=1S/C20H25N5O/c1-2-21-20(26)18-10-24-19(11-23-18)25-12-14(13-25)9-22-17-8-16(17)15-6-4-3-5-7-15/h3-7,10-11,14,16-17,22H,2,8-9,12-13H2,1H3,(H,21,26)/t16-,17+/m0/s1. The van der Waals surface area contributed by atoms with E-state index < -0.39 is 0 Å². The summed E-state index contributed by atoms with van der Waals surface area (Å²) in [6.07, 6.45) is 4.49. The first-order valence-electron chi connectivity index (χ1n) is 9.38. The van der Waals surface area contributed by atoms with Crippen LogP contribution in [0.5, 0.6) is 0 Å². The number of benzene rings is 1. The fraction of sp³-hybridized carbons (Fsp3) is 0.450. The normalized spacial score (nSPS) is 22.0. The molecule has 2 aliphatic rings. The Morgan fingerprint density at radius 1 is 1.19 bits per heavy atom. The van der Waals surface area contributed by atoms with Crippen LogP contribution in [0.2, 0.25) is 0 Å². The second-order valence-corrected chi connectivity index (χ2v) is 7.16. The molecule has 0 spiro atoms. The van der Waals surface area contributed by atoms with Gasteiger partial charge in [-0.25, -0.2) is 9.97 Å². The molecule has 136 valence electrons. The molecule has 6 heteroatoms. The number of aromatic nitrogens is 2. The van der Waals surface area contributed by atoms with Crippen LogP contribution < -0.4 is 15.5 Å². The van der Waals surface area contributed by atoms with E-state index in [0.717, 1.165) is 25.5 Å². The molecule has 1 saturated heterocycles. The Morgan fingerprint density at radius 3 is 2.69 bits per heavy atom. The fourth-order valence-corrected chi connectivity index (χ4v) is 3.55. The van der Waals surface area contributed by atoms with E-state index >= 15 is 0 Å². The Balaban J connectivity index is 1.20. The Morgan fingerprint density at radius 2 is 2.00 bits per heavy atom. The lowest BCUT2D eigenvalue weighted by atomic mass is 10.0. The third-order valence-electron chi connectivity index (χ3n) is 5.18. The van der Waals surface area contributed by atoms with Gasteiger partial charge in [-0.1, -0.05) is 30.3 Å². The third kappa shape index (κ3) is 3.70. The highest BCUT2D eigenvalue weighted by molar-refractivity contribution is 5.91. The van der Waals surface area contributed by atoms with E-state index in [2.05, 4.69) is 55.8 Å². The summed E-state index contributed by atoms with van der Waals surface area (Å²) in [5.74, 6) is 2.01. The summed E-state index contributed by atoms with van der Waals surface area (Å²) in [7, 11) is 0. The first-order chi connectivity index (χ1) is 12.7. The van der Waals surface area contributed by atoms with Gasteiger partial charge < -0.3 is 15.5 Å². The van der Waals surface area contributed by atoms with Crippen molar-refractivity contribution in [2.24, 2.45) is 5.92 Å². The monoisotopic (exact) mass is 351 g/mol. The van der Waals surface area contributed by atoms with Crippen molar-refractivity contribution in [3.8, 4) is 0 Å². The molecule has 6 nitrogen and oxygen atoms in total. The molecule has 1 aromatic carbocycles. The predicted octanol–water partition coefficient (Wildman–Crippen LogP) is 1.81. The van der Waals surface area contributed by atoms with E-state index in [1.165, 1.54) is 12.0 Å². The number of carbonyl (C=O) groups is 1. The summed E-state index contributed by atoms with van der Waals surface area (Å²) in [6, 6.07) is 11.4. The fourth-order valence-electron chi connectivity index (χ4n) is 3.55. The summed E-state index contributed by atoms with van der Waals surface area (Å²) >= 11 is 0. The van der Waals surface area contributed by atoms with Crippen LogP contribution in [0, 0.1) is 5.92 Å². The van der Waals surface area contributed by atoms with Crippen LogP contribution in [-0.4, -0.2) is 48.1 Å². The average molecular weight is 351 g/mol. The highest BCUT2D eigenvalue weighted by Crippen LogP contribution is 2.40. The van der Waals surface area contributed by atoms with Crippen LogP contribution in [0.25, 0.3) is 0 Å². The SMILES string of the molecule is CCNC(=O)c1cnc(N2CC(CN[C@@H]3C[C@H]3c3ccccc3)C2)cn1. The Hall–Kier alpha value is -2.47. The van der Waals surface area contributed by atoms with Crippen LogP contribution in [-0.2, 0) is 0 Å². The molecule has 0 unspecified atom stereocenters. The first-order valence-corrected chi connectivity index (χ1v) is 9.38.